The largest absolute Gasteiger partial charge is 0.327 e. The molecule has 2 N–H and O–H groups in total. The Morgan fingerprint density at radius 1 is 1.00 bits per heavy atom. The molecule has 0 unspecified atom stereocenters. The number of quaternary nitrogens is 1. The van der Waals surface area contributed by atoms with Gasteiger partial charge in [-0.15, -0.1) is 0 Å². The number of carbonyl (C=O) groups excluding carboxylic acids is 2. The van der Waals surface area contributed by atoms with Gasteiger partial charge in [0.15, 0.2) is 12.3 Å². The fraction of sp³-hybridized carbons (Fsp3) is 0.300. The number of likely N-dealkylation sites (tertiary alicyclic amines) is 1. The number of hydrogen-bond acceptors (Lipinski definition) is 2. The summed E-state index contributed by atoms with van der Waals surface area (Å²) in [5, 5.41) is 2.94. The number of ketones is 1. The van der Waals surface area contributed by atoms with E-state index >= 15 is 0 Å². The van der Waals surface area contributed by atoms with Crippen molar-refractivity contribution in [2.24, 2.45) is 5.92 Å². The molecule has 1 aliphatic rings. The molecule has 130 valence electrons. The first-order chi connectivity index (χ1) is 12.1. The van der Waals surface area contributed by atoms with Crippen molar-refractivity contribution in [2.75, 3.05) is 25.0 Å². The van der Waals surface area contributed by atoms with Crippen LogP contribution in [0.4, 0.5) is 5.69 Å². The third-order valence-electron chi connectivity index (χ3n) is 4.68. The highest BCUT2D eigenvalue weighted by Gasteiger charge is 2.29. The van der Waals surface area contributed by atoms with Crippen LogP contribution in [-0.2, 0) is 4.79 Å². The van der Waals surface area contributed by atoms with E-state index in [2.05, 4.69) is 21.2 Å². The molecule has 0 bridgehead atoms. The van der Waals surface area contributed by atoms with Gasteiger partial charge >= 0.3 is 0 Å². The van der Waals surface area contributed by atoms with Crippen LogP contribution < -0.4 is 10.2 Å². The predicted molar refractivity (Wildman–Crippen MR) is 102 cm³/mol. The highest BCUT2D eigenvalue weighted by Crippen LogP contribution is 2.21. The van der Waals surface area contributed by atoms with Crippen molar-refractivity contribution < 1.29 is 14.5 Å². The number of benzene rings is 2. The van der Waals surface area contributed by atoms with Crippen LogP contribution in [0.15, 0.2) is 59.1 Å². The fourth-order valence-corrected chi connectivity index (χ4v) is 3.67. The average molecular weight is 402 g/mol. The minimum atomic E-state index is 0.00901. The topological polar surface area (TPSA) is 50.6 Å². The zero-order valence-electron chi connectivity index (χ0n) is 14.0. The van der Waals surface area contributed by atoms with Crippen molar-refractivity contribution in [3.05, 3.63) is 64.6 Å². The minimum absolute atomic E-state index is 0.00901. The second-order valence-corrected chi connectivity index (χ2v) is 7.31. The number of halogens is 1. The highest BCUT2D eigenvalue weighted by atomic mass is 79.9. The molecule has 1 heterocycles. The van der Waals surface area contributed by atoms with Gasteiger partial charge in [0.1, 0.15) is 0 Å². The first kappa shape index (κ1) is 17.8. The Labute approximate surface area is 156 Å². The standard InChI is InChI=1S/C20H21BrN2O2/c21-17-8-4-5-9-18(17)22-19(24)14-23-12-10-16(11-13-23)20(25)15-6-2-1-3-7-15/h1-9,16H,10-14H2,(H,22,24)/p+1. The fourth-order valence-electron chi connectivity index (χ4n) is 3.29. The molecular weight excluding hydrogens is 380 g/mol. The zero-order valence-corrected chi connectivity index (χ0v) is 15.6. The number of piperidine rings is 1. The van der Waals surface area contributed by atoms with Gasteiger partial charge in [-0.05, 0) is 28.1 Å². The number of nitrogens with one attached hydrogen (secondary N) is 2. The van der Waals surface area contributed by atoms with E-state index in [1.807, 2.05) is 54.6 Å². The van der Waals surface area contributed by atoms with Crippen molar-refractivity contribution >= 4 is 33.3 Å². The van der Waals surface area contributed by atoms with Crippen LogP contribution in [-0.4, -0.2) is 31.3 Å². The molecule has 1 fully saturated rings. The molecule has 2 aromatic carbocycles. The number of Topliss-reactive ketones (excluding diaryl/α,β-unsaturated/α-hetero) is 1. The Balaban J connectivity index is 1.48. The van der Waals surface area contributed by atoms with Gasteiger partial charge in [0.2, 0.25) is 0 Å². The van der Waals surface area contributed by atoms with Gasteiger partial charge in [-0.25, -0.2) is 0 Å². The van der Waals surface area contributed by atoms with E-state index in [4.69, 9.17) is 0 Å². The monoisotopic (exact) mass is 401 g/mol. The van der Waals surface area contributed by atoms with E-state index < -0.39 is 0 Å². The number of rotatable bonds is 5. The van der Waals surface area contributed by atoms with Gasteiger partial charge in [0.05, 0.1) is 18.8 Å². The number of amides is 1. The molecule has 0 radical (unpaired) electrons. The Kier molecular flexibility index (Phi) is 6.00. The summed E-state index contributed by atoms with van der Waals surface area (Å²) in [6.07, 6.45) is 1.68. The third kappa shape index (κ3) is 4.77. The highest BCUT2D eigenvalue weighted by molar-refractivity contribution is 9.10. The van der Waals surface area contributed by atoms with Crippen LogP contribution in [0.3, 0.4) is 0 Å². The quantitative estimate of drug-likeness (QED) is 0.756. The van der Waals surface area contributed by atoms with Crippen molar-refractivity contribution in [2.45, 2.75) is 12.8 Å². The van der Waals surface area contributed by atoms with Crippen LogP contribution >= 0.6 is 15.9 Å². The molecular formula is C20H22BrN2O2+. The molecule has 1 saturated heterocycles. The zero-order chi connectivity index (χ0) is 17.6. The third-order valence-corrected chi connectivity index (χ3v) is 5.37. The SMILES string of the molecule is O=C(C[NH+]1CCC(C(=O)c2ccccc2)CC1)Nc1ccccc1Br. The van der Waals surface area contributed by atoms with Gasteiger partial charge < -0.3 is 10.2 Å². The lowest BCUT2D eigenvalue weighted by molar-refractivity contribution is -0.897. The summed E-state index contributed by atoms with van der Waals surface area (Å²) >= 11 is 3.44. The van der Waals surface area contributed by atoms with E-state index in [0.717, 1.165) is 41.7 Å². The Hall–Kier alpha value is -1.98. The lowest BCUT2D eigenvalue weighted by atomic mass is 9.89. The van der Waals surface area contributed by atoms with Crippen LogP contribution in [0.25, 0.3) is 0 Å². The van der Waals surface area contributed by atoms with Crippen molar-refractivity contribution in [1.29, 1.82) is 0 Å². The maximum Gasteiger partial charge on any atom is 0.279 e. The molecule has 4 nitrogen and oxygen atoms in total. The van der Waals surface area contributed by atoms with Gasteiger partial charge in [0.25, 0.3) is 5.91 Å². The Morgan fingerprint density at radius 2 is 1.64 bits per heavy atom. The number of carbonyl (C=O) groups is 2. The lowest BCUT2D eigenvalue weighted by Crippen LogP contribution is -3.14. The predicted octanol–water partition coefficient (Wildman–Crippen LogP) is 2.57. The number of hydrogen-bond donors (Lipinski definition) is 2. The number of para-hydroxylation sites is 1. The van der Waals surface area contributed by atoms with Crippen molar-refractivity contribution in [1.82, 2.24) is 0 Å². The molecule has 5 heteroatoms. The molecule has 0 atom stereocenters. The second kappa shape index (κ2) is 8.41. The van der Waals surface area contributed by atoms with Crippen LogP contribution in [0.1, 0.15) is 23.2 Å². The molecule has 0 spiro atoms. The summed E-state index contributed by atoms with van der Waals surface area (Å²) in [6, 6.07) is 17.1. The molecule has 0 aromatic heterocycles. The van der Waals surface area contributed by atoms with E-state index in [-0.39, 0.29) is 17.6 Å². The van der Waals surface area contributed by atoms with E-state index in [1.165, 1.54) is 4.90 Å². The van der Waals surface area contributed by atoms with Gasteiger partial charge in [-0.3, -0.25) is 9.59 Å². The summed E-state index contributed by atoms with van der Waals surface area (Å²) in [4.78, 5) is 26.0. The van der Waals surface area contributed by atoms with Crippen molar-refractivity contribution in [3.8, 4) is 0 Å². The maximum absolute atomic E-state index is 12.5. The molecule has 25 heavy (non-hydrogen) atoms. The second-order valence-electron chi connectivity index (χ2n) is 6.46. The summed E-state index contributed by atoms with van der Waals surface area (Å²) in [5.41, 5.74) is 1.59. The van der Waals surface area contributed by atoms with Crippen LogP contribution in [0.2, 0.25) is 0 Å². The molecule has 2 aromatic rings. The van der Waals surface area contributed by atoms with Crippen molar-refractivity contribution in [3.63, 3.8) is 0 Å². The molecule has 1 amide bonds. The summed E-state index contributed by atoms with van der Waals surface area (Å²) in [7, 11) is 0. The van der Waals surface area contributed by atoms with Crippen LogP contribution in [0.5, 0.6) is 0 Å². The van der Waals surface area contributed by atoms with Crippen LogP contribution in [0, 0.1) is 5.92 Å². The summed E-state index contributed by atoms with van der Waals surface area (Å²) in [6.45, 7) is 2.15. The molecule has 0 aliphatic carbocycles. The van der Waals surface area contributed by atoms with Gasteiger partial charge in [-0.1, -0.05) is 42.5 Å². The molecule has 1 aliphatic heterocycles. The maximum atomic E-state index is 12.5. The molecule has 0 saturated carbocycles. The lowest BCUT2D eigenvalue weighted by Gasteiger charge is -2.28. The first-order valence-corrected chi connectivity index (χ1v) is 9.40. The summed E-state index contributed by atoms with van der Waals surface area (Å²) < 4.78 is 0.880. The molecule has 3 rings (SSSR count). The number of anilines is 1. The summed E-state index contributed by atoms with van der Waals surface area (Å²) in [5.74, 6) is 0.324. The van der Waals surface area contributed by atoms with Gasteiger partial charge in [-0.2, -0.15) is 0 Å². The smallest absolute Gasteiger partial charge is 0.279 e. The van der Waals surface area contributed by atoms with E-state index in [9.17, 15) is 9.59 Å². The Morgan fingerprint density at radius 3 is 2.32 bits per heavy atom. The van der Waals surface area contributed by atoms with E-state index in [0.29, 0.717) is 6.54 Å². The minimum Gasteiger partial charge on any atom is -0.327 e. The Bertz CT molecular complexity index is 740. The normalized spacial score (nSPS) is 20.0. The van der Waals surface area contributed by atoms with Gasteiger partial charge in [0, 0.05) is 28.8 Å². The first-order valence-electron chi connectivity index (χ1n) is 8.60. The van der Waals surface area contributed by atoms with E-state index in [1.54, 1.807) is 0 Å². The average Bonchev–Trinajstić information content (AvgIpc) is 2.64.